The summed E-state index contributed by atoms with van der Waals surface area (Å²) in [5, 5.41) is 9.17. The van der Waals surface area contributed by atoms with Gasteiger partial charge in [-0.1, -0.05) is 17.7 Å². The zero-order valence-electron chi connectivity index (χ0n) is 19.8. The van der Waals surface area contributed by atoms with Crippen LogP contribution >= 0.6 is 11.6 Å². The third-order valence-electron chi connectivity index (χ3n) is 6.44. The lowest BCUT2D eigenvalue weighted by Gasteiger charge is -2.33. The van der Waals surface area contributed by atoms with Crippen LogP contribution in [0.2, 0.25) is 5.02 Å². The van der Waals surface area contributed by atoms with Crippen molar-refractivity contribution in [1.82, 2.24) is 14.5 Å². The lowest BCUT2D eigenvalue weighted by molar-refractivity contribution is -0.146. The molecule has 0 aliphatic heterocycles. The van der Waals surface area contributed by atoms with Crippen LogP contribution in [-0.4, -0.2) is 41.1 Å². The number of carboxylic acids is 1. The molecule has 1 saturated carbocycles. The number of halogens is 2. The normalized spacial score (nSPS) is 17.1. The third-order valence-corrected chi connectivity index (χ3v) is 8.29. The van der Waals surface area contributed by atoms with Crippen molar-refractivity contribution >= 4 is 44.2 Å². The van der Waals surface area contributed by atoms with Crippen LogP contribution in [0.5, 0.6) is 5.88 Å². The molecule has 1 aliphatic carbocycles. The van der Waals surface area contributed by atoms with Crippen molar-refractivity contribution in [3.05, 3.63) is 76.2 Å². The molecule has 2 aromatic carbocycles. The van der Waals surface area contributed by atoms with E-state index in [9.17, 15) is 22.4 Å². The van der Waals surface area contributed by atoms with Crippen LogP contribution in [0.4, 0.5) is 10.1 Å². The molecule has 0 amide bonds. The summed E-state index contributed by atoms with van der Waals surface area (Å²) < 4.78 is 48.4. The highest BCUT2D eigenvalue weighted by Gasteiger charge is 2.36. The van der Waals surface area contributed by atoms with E-state index in [2.05, 4.69) is 14.7 Å². The molecule has 0 spiro atoms. The van der Waals surface area contributed by atoms with E-state index in [1.54, 1.807) is 18.2 Å². The molecule has 0 saturated heterocycles. The van der Waals surface area contributed by atoms with Gasteiger partial charge in [0.1, 0.15) is 16.4 Å². The van der Waals surface area contributed by atoms with Crippen LogP contribution in [0.15, 0.2) is 64.7 Å². The number of nitrogens with zero attached hydrogens (tertiary/aromatic N) is 3. The number of aliphatic carboxylic acids is 1. The van der Waals surface area contributed by atoms with E-state index in [0.29, 0.717) is 34.9 Å². The molecule has 0 bridgehead atoms. The van der Waals surface area contributed by atoms with Crippen molar-refractivity contribution in [1.29, 1.82) is 0 Å². The standard InChI is InChI=1S/C25H20ClFN4O6S/c1-37-23-21(30-38(35,36)22-5-3-16(27)10-19(22)26)9-15(11-28-23)13-2-4-20-18(8-13)24(32)31(12-29-20)17-6-14(7-17)25(33)34/h2-5,8-12,14,17,30H,6-7H2,1H3,(H,33,34). The summed E-state index contributed by atoms with van der Waals surface area (Å²) >= 11 is 5.95. The second-order valence-corrected chi connectivity index (χ2v) is 10.9. The SMILES string of the molecule is COc1ncc(-c2ccc3ncn(C4CC(C(=O)O)C4)c(=O)c3c2)cc1NS(=O)(=O)c1ccc(F)cc1Cl. The molecule has 196 valence electrons. The molecule has 0 radical (unpaired) electrons. The molecule has 2 aromatic heterocycles. The van der Waals surface area contributed by atoms with Crippen LogP contribution in [-0.2, 0) is 14.8 Å². The smallest absolute Gasteiger partial charge is 0.306 e. The summed E-state index contributed by atoms with van der Waals surface area (Å²) in [7, 11) is -2.91. The molecule has 13 heteroatoms. The maximum absolute atomic E-state index is 13.4. The Morgan fingerprint density at radius 2 is 1.92 bits per heavy atom. The van der Waals surface area contributed by atoms with Crippen molar-refractivity contribution < 1.29 is 27.4 Å². The molecule has 2 N–H and O–H groups in total. The first kappa shape index (κ1) is 25.6. The van der Waals surface area contributed by atoms with Gasteiger partial charge in [-0.15, -0.1) is 0 Å². The first-order valence-corrected chi connectivity index (χ1v) is 13.2. The van der Waals surface area contributed by atoms with Gasteiger partial charge >= 0.3 is 5.97 Å². The highest BCUT2D eigenvalue weighted by Crippen LogP contribution is 2.37. The second kappa shape index (κ2) is 9.69. The minimum atomic E-state index is -4.23. The molecule has 10 nitrogen and oxygen atoms in total. The minimum Gasteiger partial charge on any atom is -0.481 e. The Morgan fingerprint density at radius 3 is 2.61 bits per heavy atom. The topological polar surface area (TPSA) is 140 Å². The predicted octanol–water partition coefficient (Wildman–Crippen LogP) is 4.10. The monoisotopic (exact) mass is 558 g/mol. The molecule has 38 heavy (non-hydrogen) atoms. The van der Waals surface area contributed by atoms with Crippen LogP contribution in [0.1, 0.15) is 18.9 Å². The van der Waals surface area contributed by atoms with Gasteiger partial charge in [-0.05, 0) is 54.8 Å². The van der Waals surface area contributed by atoms with E-state index in [1.165, 1.54) is 30.3 Å². The van der Waals surface area contributed by atoms with Crippen LogP contribution in [0, 0.1) is 11.7 Å². The lowest BCUT2D eigenvalue weighted by atomic mass is 9.80. The van der Waals surface area contributed by atoms with Crippen LogP contribution in [0.3, 0.4) is 0 Å². The molecule has 1 fully saturated rings. The number of sulfonamides is 1. The summed E-state index contributed by atoms with van der Waals surface area (Å²) in [6.45, 7) is 0. The van der Waals surface area contributed by atoms with Gasteiger partial charge in [-0.25, -0.2) is 22.8 Å². The zero-order valence-corrected chi connectivity index (χ0v) is 21.3. The average Bonchev–Trinajstić information content (AvgIpc) is 2.83. The van der Waals surface area contributed by atoms with Crippen LogP contribution in [0.25, 0.3) is 22.0 Å². The maximum atomic E-state index is 13.4. The number of carbonyl (C=O) groups is 1. The van der Waals surface area contributed by atoms with Crippen molar-refractivity contribution in [2.45, 2.75) is 23.8 Å². The van der Waals surface area contributed by atoms with E-state index < -0.39 is 27.7 Å². The third kappa shape index (κ3) is 4.68. The Morgan fingerprint density at radius 1 is 1.16 bits per heavy atom. The Hall–Kier alpha value is -4.03. The molecule has 0 unspecified atom stereocenters. The highest BCUT2D eigenvalue weighted by atomic mass is 35.5. The minimum absolute atomic E-state index is 0.00302. The van der Waals surface area contributed by atoms with Crippen LogP contribution < -0.4 is 15.0 Å². The molecule has 4 aromatic rings. The number of nitrogens with one attached hydrogen (secondary N) is 1. The highest BCUT2D eigenvalue weighted by molar-refractivity contribution is 7.92. The van der Waals surface area contributed by atoms with Gasteiger partial charge in [0.2, 0.25) is 5.88 Å². The van der Waals surface area contributed by atoms with Gasteiger partial charge in [0.25, 0.3) is 15.6 Å². The van der Waals surface area contributed by atoms with E-state index in [1.807, 2.05) is 0 Å². The maximum Gasteiger partial charge on any atom is 0.306 e. The number of aromatic nitrogens is 3. The average molecular weight is 559 g/mol. The quantitative estimate of drug-likeness (QED) is 0.345. The Labute approximate surface area is 220 Å². The van der Waals surface area contributed by atoms with E-state index >= 15 is 0 Å². The molecular formula is C25H20ClFN4O6S. The van der Waals surface area contributed by atoms with Crippen molar-refractivity contribution in [3.8, 4) is 17.0 Å². The van der Waals surface area contributed by atoms with Gasteiger partial charge < -0.3 is 9.84 Å². The zero-order chi connectivity index (χ0) is 27.2. The summed E-state index contributed by atoms with van der Waals surface area (Å²) in [5.41, 5.74) is 1.18. The predicted molar refractivity (Wildman–Crippen MR) is 137 cm³/mol. The van der Waals surface area contributed by atoms with Gasteiger partial charge in [0.15, 0.2) is 0 Å². The van der Waals surface area contributed by atoms with E-state index in [0.717, 1.165) is 18.2 Å². The fourth-order valence-corrected chi connectivity index (χ4v) is 5.91. The van der Waals surface area contributed by atoms with Gasteiger partial charge in [-0.2, -0.15) is 0 Å². The summed E-state index contributed by atoms with van der Waals surface area (Å²) in [6, 6.07) is 9.15. The van der Waals surface area contributed by atoms with Gasteiger partial charge in [0, 0.05) is 17.8 Å². The number of carboxylic acid groups (broad SMARTS) is 1. The number of anilines is 1. The Balaban J connectivity index is 1.51. The number of ether oxygens (including phenoxy) is 1. The fraction of sp³-hybridized carbons (Fsp3) is 0.200. The Kier molecular flexibility index (Phi) is 6.53. The lowest BCUT2D eigenvalue weighted by Crippen LogP contribution is -2.37. The number of rotatable bonds is 7. The molecule has 5 rings (SSSR count). The van der Waals surface area contributed by atoms with Crippen molar-refractivity contribution in [2.75, 3.05) is 11.8 Å². The summed E-state index contributed by atoms with van der Waals surface area (Å²) in [5.74, 6) is -2.06. The molecule has 1 aliphatic rings. The molecule has 2 heterocycles. The number of hydrogen-bond donors (Lipinski definition) is 2. The fourth-order valence-electron chi connectivity index (χ4n) is 4.33. The Bertz CT molecular complexity index is 1760. The van der Waals surface area contributed by atoms with E-state index in [-0.39, 0.29) is 33.1 Å². The summed E-state index contributed by atoms with van der Waals surface area (Å²) in [6.07, 6.45) is 3.59. The largest absolute Gasteiger partial charge is 0.481 e. The number of methoxy groups -OCH3 is 1. The second-order valence-electron chi connectivity index (χ2n) is 8.81. The van der Waals surface area contributed by atoms with Crippen molar-refractivity contribution in [3.63, 3.8) is 0 Å². The van der Waals surface area contributed by atoms with E-state index in [4.69, 9.17) is 21.4 Å². The van der Waals surface area contributed by atoms with Gasteiger partial charge in [0.05, 0.1) is 35.3 Å². The van der Waals surface area contributed by atoms with Gasteiger partial charge in [-0.3, -0.25) is 18.9 Å². The first-order valence-electron chi connectivity index (χ1n) is 11.3. The first-order chi connectivity index (χ1) is 18.1. The summed E-state index contributed by atoms with van der Waals surface area (Å²) in [4.78, 5) is 32.5. The van der Waals surface area contributed by atoms with Crippen molar-refractivity contribution in [2.24, 2.45) is 5.92 Å². The number of fused-ring (bicyclic) bond motifs is 1. The number of hydrogen-bond acceptors (Lipinski definition) is 7. The molecule has 0 atom stereocenters. The number of pyridine rings is 1. The molecular weight excluding hydrogens is 539 g/mol. The number of benzene rings is 2.